The van der Waals surface area contributed by atoms with Crippen LogP contribution in [0.5, 0.6) is 0 Å². The summed E-state index contributed by atoms with van der Waals surface area (Å²) in [6.07, 6.45) is 1.34. The van der Waals surface area contributed by atoms with Crippen LogP contribution in [0.2, 0.25) is 0 Å². The van der Waals surface area contributed by atoms with E-state index < -0.39 is 0 Å². The van der Waals surface area contributed by atoms with Crippen molar-refractivity contribution in [3.8, 4) is 0 Å². The zero-order valence-corrected chi connectivity index (χ0v) is 10.2. The van der Waals surface area contributed by atoms with Crippen molar-refractivity contribution in [2.45, 2.75) is 26.7 Å². The Hall–Kier alpha value is -1.32. The van der Waals surface area contributed by atoms with E-state index in [2.05, 4.69) is 5.10 Å². The molecule has 4 heteroatoms. The van der Waals surface area contributed by atoms with Crippen molar-refractivity contribution in [2.75, 3.05) is 14.1 Å². The molecule has 0 aliphatic heterocycles. The van der Waals surface area contributed by atoms with E-state index in [1.807, 2.05) is 25.6 Å². The lowest BCUT2D eigenvalue weighted by Gasteiger charge is -2.09. The Kier molecular flexibility index (Phi) is 3.50. The number of hydrogen-bond donors (Lipinski definition) is 0. The number of aryl methyl sites for hydroxylation is 2. The maximum Gasteiger partial charge on any atom is 0.222 e. The highest BCUT2D eigenvalue weighted by atomic mass is 16.2. The second kappa shape index (κ2) is 4.47. The molecule has 0 aliphatic rings. The Morgan fingerprint density at radius 3 is 2.40 bits per heavy atom. The summed E-state index contributed by atoms with van der Waals surface area (Å²) in [5.41, 5.74) is 3.38. The Bertz CT molecular complexity index is 366. The third-order valence-corrected chi connectivity index (χ3v) is 2.75. The highest BCUT2D eigenvalue weighted by molar-refractivity contribution is 5.75. The van der Waals surface area contributed by atoms with Crippen molar-refractivity contribution in [1.29, 1.82) is 0 Å². The van der Waals surface area contributed by atoms with E-state index in [4.69, 9.17) is 0 Å². The smallest absolute Gasteiger partial charge is 0.222 e. The molecule has 0 aromatic carbocycles. The molecule has 0 radical (unpaired) electrons. The van der Waals surface area contributed by atoms with Crippen LogP contribution in [0.25, 0.3) is 0 Å². The third-order valence-electron chi connectivity index (χ3n) is 2.75. The standard InChI is InChI=1S/C11H19N3O/c1-8-10(9(2)14(5)12-8)6-7-11(15)13(3)4/h6-7H2,1-5H3. The van der Waals surface area contributed by atoms with E-state index in [1.54, 1.807) is 19.0 Å². The van der Waals surface area contributed by atoms with Crippen molar-refractivity contribution in [1.82, 2.24) is 14.7 Å². The van der Waals surface area contributed by atoms with Crippen LogP contribution in [0.1, 0.15) is 23.4 Å². The Balaban J connectivity index is 2.69. The van der Waals surface area contributed by atoms with Gasteiger partial charge < -0.3 is 4.90 Å². The molecule has 0 atom stereocenters. The average molecular weight is 209 g/mol. The van der Waals surface area contributed by atoms with Crippen LogP contribution in [0.3, 0.4) is 0 Å². The lowest BCUT2D eigenvalue weighted by molar-refractivity contribution is -0.128. The number of amides is 1. The zero-order valence-electron chi connectivity index (χ0n) is 10.2. The Morgan fingerprint density at radius 1 is 1.40 bits per heavy atom. The van der Waals surface area contributed by atoms with Crippen molar-refractivity contribution in [2.24, 2.45) is 7.05 Å². The van der Waals surface area contributed by atoms with Gasteiger partial charge in [0, 0.05) is 33.3 Å². The highest BCUT2D eigenvalue weighted by Gasteiger charge is 2.11. The molecule has 0 N–H and O–H groups in total. The number of hydrogen-bond acceptors (Lipinski definition) is 2. The van der Waals surface area contributed by atoms with Crippen molar-refractivity contribution in [3.63, 3.8) is 0 Å². The van der Waals surface area contributed by atoms with Gasteiger partial charge in [-0.3, -0.25) is 9.48 Å². The predicted octanol–water partition coefficient (Wildman–Crippen LogP) is 1.06. The van der Waals surface area contributed by atoms with Gasteiger partial charge in [0.15, 0.2) is 0 Å². The van der Waals surface area contributed by atoms with Gasteiger partial charge in [-0.25, -0.2) is 0 Å². The van der Waals surface area contributed by atoms with Gasteiger partial charge in [0.25, 0.3) is 0 Å². The topological polar surface area (TPSA) is 38.1 Å². The molecule has 1 rings (SSSR count). The van der Waals surface area contributed by atoms with Gasteiger partial charge in [0.05, 0.1) is 5.69 Å². The first-order valence-electron chi connectivity index (χ1n) is 5.12. The molecular formula is C11H19N3O. The van der Waals surface area contributed by atoms with Gasteiger partial charge >= 0.3 is 0 Å². The second-order valence-corrected chi connectivity index (χ2v) is 4.06. The molecule has 0 saturated carbocycles. The monoisotopic (exact) mass is 209 g/mol. The minimum atomic E-state index is 0.164. The predicted molar refractivity (Wildman–Crippen MR) is 59.7 cm³/mol. The van der Waals surface area contributed by atoms with E-state index in [0.717, 1.165) is 17.8 Å². The molecule has 0 unspecified atom stereocenters. The van der Waals surface area contributed by atoms with Crippen molar-refractivity contribution in [3.05, 3.63) is 17.0 Å². The van der Waals surface area contributed by atoms with Crippen LogP contribution < -0.4 is 0 Å². The molecular weight excluding hydrogens is 190 g/mol. The Labute approximate surface area is 90.9 Å². The van der Waals surface area contributed by atoms with Gasteiger partial charge in [0.1, 0.15) is 0 Å². The molecule has 1 amide bonds. The molecule has 1 aromatic heterocycles. The molecule has 1 heterocycles. The first-order chi connectivity index (χ1) is 6.93. The summed E-state index contributed by atoms with van der Waals surface area (Å²) in [6, 6.07) is 0. The fourth-order valence-electron chi connectivity index (χ4n) is 1.63. The van der Waals surface area contributed by atoms with Crippen LogP contribution >= 0.6 is 0 Å². The van der Waals surface area contributed by atoms with Gasteiger partial charge in [-0.05, 0) is 25.8 Å². The zero-order chi connectivity index (χ0) is 11.6. The largest absolute Gasteiger partial charge is 0.349 e. The molecule has 15 heavy (non-hydrogen) atoms. The summed E-state index contributed by atoms with van der Waals surface area (Å²) < 4.78 is 1.87. The second-order valence-electron chi connectivity index (χ2n) is 4.06. The van der Waals surface area contributed by atoms with Gasteiger partial charge in [-0.15, -0.1) is 0 Å². The van der Waals surface area contributed by atoms with Crippen LogP contribution in [0.4, 0.5) is 0 Å². The maximum absolute atomic E-state index is 11.4. The number of nitrogens with zero attached hydrogens (tertiary/aromatic N) is 3. The van der Waals surface area contributed by atoms with Gasteiger partial charge in [-0.2, -0.15) is 5.10 Å². The van der Waals surface area contributed by atoms with Crippen molar-refractivity contribution >= 4 is 5.91 Å². The van der Waals surface area contributed by atoms with Crippen LogP contribution in [-0.2, 0) is 18.3 Å². The summed E-state index contributed by atoms with van der Waals surface area (Å²) in [6.45, 7) is 4.03. The van der Waals surface area contributed by atoms with Gasteiger partial charge in [-0.1, -0.05) is 0 Å². The number of aromatic nitrogens is 2. The highest BCUT2D eigenvalue weighted by Crippen LogP contribution is 2.14. The molecule has 0 spiro atoms. The fourth-order valence-corrected chi connectivity index (χ4v) is 1.63. The number of rotatable bonds is 3. The lowest BCUT2D eigenvalue weighted by atomic mass is 10.1. The number of carbonyl (C=O) groups excluding carboxylic acids is 1. The molecule has 4 nitrogen and oxygen atoms in total. The van der Waals surface area contributed by atoms with Crippen LogP contribution in [-0.4, -0.2) is 34.7 Å². The summed E-state index contributed by atoms with van der Waals surface area (Å²) in [4.78, 5) is 13.1. The van der Waals surface area contributed by atoms with Crippen LogP contribution in [0.15, 0.2) is 0 Å². The van der Waals surface area contributed by atoms with Crippen LogP contribution in [0, 0.1) is 13.8 Å². The third kappa shape index (κ3) is 2.58. The van der Waals surface area contributed by atoms with Gasteiger partial charge in [0.2, 0.25) is 5.91 Å². The van der Waals surface area contributed by atoms with E-state index in [1.165, 1.54) is 5.56 Å². The Morgan fingerprint density at radius 2 is 2.00 bits per heavy atom. The molecule has 0 aliphatic carbocycles. The van der Waals surface area contributed by atoms with E-state index >= 15 is 0 Å². The fraction of sp³-hybridized carbons (Fsp3) is 0.636. The summed E-state index contributed by atoms with van der Waals surface area (Å²) in [7, 11) is 5.50. The summed E-state index contributed by atoms with van der Waals surface area (Å²) in [5.74, 6) is 0.164. The summed E-state index contributed by atoms with van der Waals surface area (Å²) in [5, 5.41) is 4.33. The molecule has 84 valence electrons. The van der Waals surface area contributed by atoms with Crippen molar-refractivity contribution < 1.29 is 4.79 Å². The molecule has 0 bridgehead atoms. The molecule has 0 fully saturated rings. The summed E-state index contributed by atoms with van der Waals surface area (Å²) >= 11 is 0. The normalized spacial score (nSPS) is 10.5. The molecule has 0 saturated heterocycles. The maximum atomic E-state index is 11.4. The first kappa shape index (κ1) is 11.8. The average Bonchev–Trinajstić information content (AvgIpc) is 2.38. The van der Waals surface area contributed by atoms with E-state index in [-0.39, 0.29) is 5.91 Å². The lowest BCUT2D eigenvalue weighted by Crippen LogP contribution is -2.21. The van der Waals surface area contributed by atoms with E-state index in [9.17, 15) is 4.79 Å². The molecule has 1 aromatic rings. The SMILES string of the molecule is Cc1nn(C)c(C)c1CCC(=O)N(C)C. The first-order valence-corrected chi connectivity index (χ1v) is 5.12. The van der Waals surface area contributed by atoms with E-state index in [0.29, 0.717) is 6.42 Å². The minimum Gasteiger partial charge on any atom is -0.349 e. The minimum absolute atomic E-state index is 0.164. The number of carbonyl (C=O) groups is 1. The quantitative estimate of drug-likeness (QED) is 0.746.